The van der Waals surface area contributed by atoms with Gasteiger partial charge in [0.2, 0.25) is 0 Å². The standard InChI is InChI=1S/C13H23NO/c1-2-3-4-5-6-7-10-14-11-8-9-13(14)12-15/h8-9,11,15H,2-7,10,12H2,1H3. The number of aliphatic hydroxyl groups is 1. The van der Waals surface area contributed by atoms with Crippen LogP contribution in [-0.2, 0) is 13.2 Å². The molecule has 86 valence electrons. The summed E-state index contributed by atoms with van der Waals surface area (Å²) in [6, 6.07) is 3.99. The van der Waals surface area contributed by atoms with Crippen LogP contribution in [0.25, 0.3) is 0 Å². The van der Waals surface area contributed by atoms with Gasteiger partial charge >= 0.3 is 0 Å². The molecule has 0 bridgehead atoms. The van der Waals surface area contributed by atoms with Gasteiger partial charge in [-0.2, -0.15) is 0 Å². The monoisotopic (exact) mass is 209 g/mol. The van der Waals surface area contributed by atoms with E-state index in [1.165, 1.54) is 38.5 Å². The van der Waals surface area contributed by atoms with Crippen LogP contribution in [0.4, 0.5) is 0 Å². The average Bonchev–Trinajstić information content (AvgIpc) is 2.70. The van der Waals surface area contributed by atoms with E-state index in [-0.39, 0.29) is 6.61 Å². The smallest absolute Gasteiger partial charge is 0.0832 e. The number of nitrogens with zero attached hydrogens (tertiary/aromatic N) is 1. The van der Waals surface area contributed by atoms with Crippen LogP contribution in [-0.4, -0.2) is 9.67 Å². The molecule has 0 saturated carbocycles. The number of aryl methyl sites for hydroxylation is 1. The Kier molecular flexibility index (Phi) is 6.17. The number of hydrogen-bond donors (Lipinski definition) is 1. The fourth-order valence-corrected chi connectivity index (χ4v) is 1.87. The van der Waals surface area contributed by atoms with E-state index in [1.54, 1.807) is 0 Å². The van der Waals surface area contributed by atoms with Crippen LogP contribution >= 0.6 is 0 Å². The molecule has 0 spiro atoms. The van der Waals surface area contributed by atoms with E-state index in [0.29, 0.717) is 0 Å². The van der Waals surface area contributed by atoms with Crippen molar-refractivity contribution in [3.8, 4) is 0 Å². The maximum Gasteiger partial charge on any atom is 0.0832 e. The minimum absolute atomic E-state index is 0.156. The summed E-state index contributed by atoms with van der Waals surface area (Å²) >= 11 is 0. The van der Waals surface area contributed by atoms with E-state index < -0.39 is 0 Å². The zero-order chi connectivity index (χ0) is 10.9. The molecule has 15 heavy (non-hydrogen) atoms. The molecule has 1 rings (SSSR count). The summed E-state index contributed by atoms with van der Waals surface area (Å²) in [6.45, 7) is 3.45. The second-order valence-corrected chi connectivity index (χ2v) is 4.12. The first-order valence-electron chi connectivity index (χ1n) is 6.13. The summed E-state index contributed by atoms with van der Waals surface area (Å²) in [7, 11) is 0. The highest BCUT2D eigenvalue weighted by Gasteiger charge is 1.98. The zero-order valence-corrected chi connectivity index (χ0v) is 9.78. The van der Waals surface area contributed by atoms with E-state index in [2.05, 4.69) is 17.7 Å². The molecule has 1 aromatic rings. The van der Waals surface area contributed by atoms with Gasteiger partial charge in [0.1, 0.15) is 0 Å². The molecule has 2 heteroatoms. The van der Waals surface area contributed by atoms with Crippen LogP contribution in [0.2, 0.25) is 0 Å². The highest BCUT2D eigenvalue weighted by Crippen LogP contribution is 2.08. The minimum atomic E-state index is 0.156. The Morgan fingerprint density at radius 1 is 1.13 bits per heavy atom. The average molecular weight is 209 g/mol. The largest absolute Gasteiger partial charge is 0.390 e. The van der Waals surface area contributed by atoms with Crippen molar-refractivity contribution in [2.75, 3.05) is 0 Å². The first kappa shape index (κ1) is 12.3. The zero-order valence-electron chi connectivity index (χ0n) is 9.78. The first-order chi connectivity index (χ1) is 7.38. The van der Waals surface area contributed by atoms with E-state index in [1.807, 2.05) is 12.1 Å². The highest BCUT2D eigenvalue weighted by molar-refractivity contribution is 5.05. The molecule has 0 fully saturated rings. The Morgan fingerprint density at radius 2 is 1.87 bits per heavy atom. The van der Waals surface area contributed by atoms with Gasteiger partial charge in [0.05, 0.1) is 6.61 Å². The van der Waals surface area contributed by atoms with Crippen LogP contribution < -0.4 is 0 Å². The second kappa shape index (κ2) is 7.52. The fraction of sp³-hybridized carbons (Fsp3) is 0.692. The molecule has 0 amide bonds. The molecule has 0 aliphatic carbocycles. The molecule has 0 aliphatic rings. The van der Waals surface area contributed by atoms with E-state index in [9.17, 15) is 0 Å². The molecular weight excluding hydrogens is 186 g/mol. The van der Waals surface area contributed by atoms with E-state index >= 15 is 0 Å². The van der Waals surface area contributed by atoms with Crippen LogP contribution in [0.5, 0.6) is 0 Å². The summed E-state index contributed by atoms with van der Waals surface area (Å²) in [5.41, 5.74) is 1.03. The number of aromatic nitrogens is 1. The molecule has 1 N–H and O–H groups in total. The van der Waals surface area contributed by atoms with Crippen molar-refractivity contribution < 1.29 is 5.11 Å². The molecular formula is C13H23NO. The molecule has 0 aliphatic heterocycles. The van der Waals surface area contributed by atoms with Crippen LogP contribution in [0, 0.1) is 0 Å². The van der Waals surface area contributed by atoms with Crippen molar-refractivity contribution in [3.05, 3.63) is 24.0 Å². The summed E-state index contributed by atoms with van der Waals surface area (Å²) < 4.78 is 2.15. The molecule has 0 radical (unpaired) electrons. The molecule has 0 saturated heterocycles. The van der Waals surface area contributed by atoms with Crippen LogP contribution in [0.1, 0.15) is 51.1 Å². The molecule has 1 heterocycles. The van der Waals surface area contributed by atoms with E-state index in [4.69, 9.17) is 5.11 Å². The van der Waals surface area contributed by atoms with Gasteiger partial charge in [-0.1, -0.05) is 39.0 Å². The van der Waals surface area contributed by atoms with E-state index in [0.717, 1.165) is 12.2 Å². The van der Waals surface area contributed by atoms with Gasteiger partial charge in [-0.15, -0.1) is 0 Å². The summed E-state index contributed by atoms with van der Waals surface area (Å²) in [5, 5.41) is 9.06. The Labute approximate surface area is 92.9 Å². The van der Waals surface area contributed by atoms with Gasteiger partial charge in [-0.25, -0.2) is 0 Å². The Hall–Kier alpha value is -0.760. The maximum absolute atomic E-state index is 9.06. The molecule has 0 unspecified atom stereocenters. The minimum Gasteiger partial charge on any atom is -0.390 e. The summed E-state index contributed by atoms with van der Waals surface area (Å²) in [6.07, 6.45) is 9.99. The van der Waals surface area contributed by atoms with Crippen molar-refractivity contribution >= 4 is 0 Å². The Morgan fingerprint density at radius 3 is 2.60 bits per heavy atom. The molecule has 2 nitrogen and oxygen atoms in total. The number of hydrogen-bond acceptors (Lipinski definition) is 1. The van der Waals surface area contributed by atoms with Crippen molar-refractivity contribution in [1.29, 1.82) is 0 Å². The molecule has 0 atom stereocenters. The lowest BCUT2D eigenvalue weighted by Gasteiger charge is -2.06. The van der Waals surface area contributed by atoms with Gasteiger partial charge in [-0.05, 0) is 18.6 Å². The number of aliphatic hydroxyl groups excluding tert-OH is 1. The highest BCUT2D eigenvalue weighted by atomic mass is 16.3. The summed E-state index contributed by atoms with van der Waals surface area (Å²) in [4.78, 5) is 0. The SMILES string of the molecule is CCCCCCCCn1cccc1CO. The maximum atomic E-state index is 9.06. The second-order valence-electron chi connectivity index (χ2n) is 4.12. The summed E-state index contributed by atoms with van der Waals surface area (Å²) in [5.74, 6) is 0. The van der Waals surface area contributed by atoms with Crippen molar-refractivity contribution in [1.82, 2.24) is 4.57 Å². The quantitative estimate of drug-likeness (QED) is 0.653. The van der Waals surface area contributed by atoms with Crippen molar-refractivity contribution in [2.45, 2.75) is 58.6 Å². The lowest BCUT2D eigenvalue weighted by molar-refractivity contribution is 0.270. The predicted octanol–water partition coefficient (Wildman–Crippen LogP) is 3.34. The predicted molar refractivity (Wildman–Crippen MR) is 63.7 cm³/mol. The third-order valence-electron chi connectivity index (χ3n) is 2.84. The van der Waals surface area contributed by atoms with Crippen LogP contribution in [0.3, 0.4) is 0 Å². The normalized spacial score (nSPS) is 10.8. The van der Waals surface area contributed by atoms with Gasteiger partial charge in [0, 0.05) is 18.4 Å². The third-order valence-corrected chi connectivity index (χ3v) is 2.84. The molecule has 0 aromatic carbocycles. The van der Waals surface area contributed by atoms with Crippen LogP contribution in [0.15, 0.2) is 18.3 Å². The Bertz CT molecular complexity index is 255. The van der Waals surface area contributed by atoms with Gasteiger partial charge in [0.15, 0.2) is 0 Å². The van der Waals surface area contributed by atoms with Gasteiger partial charge in [-0.3, -0.25) is 0 Å². The van der Waals surface area contributed by atoms with Gasteiger partial charge in [0.25, 0.3) is 0 Å². The molecule has 1 aromatic heterocycles. The Balaban J connectivity index is 2.09. The van der Waals surface area contributed by atoms with Crippen molar-refractivity contribution in [3.63, 3.8) is 0 Å². The van der Waals surface area contributed by atoms with Gasteiger partial charge < -0.3 is 9.67 Å². The topological polar surface area (TPSA) is 25.2 Å². The lowest BCUT2D eigenvalue weighted by atomic mass is 10.1. The number of rotatable bonds is 8. The first-order valence-corrected chi connectivity index (χ1v) is 6.13. The fourth-order valence-electron chi connectivity index (χ4n) is 1.87. The lowest BCUT2D eigenvalue weighted by Crippen LogP contribution is -2.01. The number of unbranched alkanes of at least 4 members (excludes halogenated alkanes) is 5. The third kappa shape index (κ3) is 4.52. The van der Waals surface area contributed by atoms with Crippen molar-refractivity contribution in [2.24, 2.45) is 0 Å².